The first-order valence-electron chi connectivity index (χ1n) is 9.66. The molecule has 0 bridgehead atoms. The Kier molecular flexibility index (Phi) is 5.25. The van der Waals surface area contributed by atoms with Gasteiger partial charge in [-0.15, -0.1) is 0 Å². The lowest BCUT2D eigenvalue weighted by Gasteiger charge is -2.33. The van der Waals surface area contributed by atoms with Crippen molar-refractivity contribution in [1.29, 1.82) is 0 Å². The molecular formula is C19H27N8O+. The molecule has 9 nitrogen and oxygen atoms in total. The van der Waals surface area contributed by atoms with E-state index < -0.39 is 0 Å². The maximum absolute atomic E-state index is 11.7. The highest BCUT2D eigenvalue weighted by molar-refractivity contribution is 5.80. The smallest absolute Gasteiger partial charge is 0.245 e. The number of nitrogens with zero attached hydrogens (tertiary/aromatic N) is 6. The fourth-order valence-electron chi connectivity index (χ4n) is 3.49. The summed E-state index contributed by atoms with van der Waals surface area (Å²) < 4.78 is 1.91. The average Bonchev–Trinajstić information content (AvgIpc) is 2.71. The zero-order chi connectivity index (χ0) is 19.5. The first kappa shape index (κ1) is 18.4. The number of amides is 1. The maximum Gasteiger partial charge on any atom is 0.245 e. The van der Waals surface area contributed by atoms with Crippen LogP contribution in [-0.2, 0) is 4.79 Å². The monoisotopic (exact) mass is 383 g/mol. The molecule has 0 unspecified atom stereocenters. The molecule has 9 heteroatoms. The van der Waals surface area contributed by atoms with Crippen LogP contribution in [0, 0.1) is 0 Å². The molecule has 2 fully saturated rings. The molecule has 0 aromatic carbocycles. The molecule has 0 radical (unpaired) electrons. The Balaban J connectivity index is 1.43. The van der Waals surface area contributed by atoms with E-state index in [1.165, 1.54) is 0 Å². The Morgan fingerprint density at radius 3 is 2.75 bits per heavy atom. The molecule has 28 heavy (non-hydrogen) atoms. The van der Waals surface area contributed by atoms with Crippen LogP contribution < -0.4 is 25.2 Å². The molecule has 2 aliphatic rings. The van der Waals surface area contributed by atoms with E-state index in [0.29, 0.717) is 18.9 Å². The van der Waals surface area contributed by atoms with Gasteiger partial charge in [0.05, 0.1) is 24.1 Å². The average molecular weight is 383 g/mol. The number of hydrogen-bond donors (Lipinski definition) is 2. The number of piperazine rings is 2. The molecule has 2 N–H and O–H groups in total. The molecule has 0 spiro atoms. The third-order valence-corrected chi connectivity index (χ3v) is 5.27. The van der Waals surface area contributed by atoms with Crippen molar-refractivity contribution in [3.05, 3.63) is 36.9 Å². The van der Waals surface area contributed by atoms with E-state index in [2.05, 4.69) is 50.4 Å². The number of anilines is 3. The van der Waals surface area contributed by atoms with Crippen LogP contribution in [-0.4, -0.2) is 73.1 Å². The molecule has 4 heterocycles. The quantitative estimate of drug-likeness (QED) is 0.703. The van der Waals surface area contributed by atoms with Crippen LogP contribution in [0.15, 0.2) is 36.9 Å². The van der Waals surface area contributed by atoms with E-state index >= 15 is 0 Å². The maximum atomic E-state index is 11.7. The van der Waals surface area contributed by atoms with E-state index in [9.17, 15) is 4.79 Å². The zero-order valence-corrected chi connectivity index (χ0v) is 16.4. The second-order valence-electron chi connectivity index (χ2n) is 7.39. The fourth-order valence-corrected chi connectivity index (χ4v) is 3.49. The molecule has 1 amide bonds. The molecule has 2 aliphatic heterocycles. The summed E-state index contributed by atoms with van der Waals surface area (Å²) in [7, 11) is 2.15. The Morgan fingerprint density at radius 2 is 2.00 bits per heavy atom. The second-order valence-corrected chi connectivity index (χ2v) is 7.39. The van der Waals surface area contributed by atoms with Crippen molar-refractivity contribution >= 4 is 23.2 Å². The Labute approximate surface area is 165 Å². The van der Waals surface area contributed by atoms with Gasteiger partial charge in [-0.25, -0.2) is 9.97 Å². The number of rotatable bonds is 4. The Morgan fingerprint density at radius 1 is 1.18 bits per heavy atom. The minimum atomic E-state index is 0.0260. The van der Waals surface area contributed by atoms with Crippen LogP contribution in [0.3, 0.4) is 0 Å². The first-order valence-corrected chi connectivity index (χ1v) is 9.66. The van der Waals surface area contributed by atoms with E-state index in [4.69, 9.17) is 0 Å². The first-order chi connectivity index (χ1) is 13.6. The normalized spacial score (nSPS) is 20.8. The number of aromatic nitrogens is 3. The minimum Gasteiger partial charge on any atom is -0.368 e. The van der Waals surface area contributed by atoms with Crippen LogP contribution in [0.1, 0.15) is 6.92 Å². The van der Waals surface area contributed by atoms with Gasteiger partial charge in [0.1, 0.15) is 5.82 Å². The van der Waals surface area contributed by atoms with Crippen LogP contribution in [0.4, 0.5) is 17.3 Å². The van der Waals surface area contributed by atoms with Gasteiger partial charge in [-0.1, -0.05) is 4.68 Å². The molecule has 0 aliphatic carbocycles. The summed E-state index contributed by atoms with van der Waals surface area (Å²) in [6, 6.07) is 4.28. The van der Waals surface area contributed by atoms with E-state index in [1.54, 1.807) is 6.20 Å². The fraction of sp³-hybridized carbons (Fsp3) is 0.474. The Bertz CT molecular complexity index is 819. The number of pyridine rings is 1. The third-order valence-electron chi connectivity index (χ3n) is 5.27. The van der Waals surface area contributed by atoms with Crippen LogP contribution >= 0.6 is 0 Å². The molecule has 0 saturated carbocycles. The molecule has 4 rings (SSSR count). The lowest BCUT2D eigenvalue weighted by Crippen LogP contribution is -2.69. The Hall–Kier alpha value is -2.94. The number of likely N-dealkylation sites (N-methyl/N-ethyl adjacent to an activating group) is 1. The van der Waals surface area contributed by atoms with Gasteiger partial charge in [-0.2, -0.15) is 5.01 Å². The van der Waals surface area contributed by atoms with Gasteiger partial charge in [0.2, 0.25) is 18.3 Å². The molecule has 2 aromatic heterocycles. The number of carbonyl (C=O) groups excluding carboxylic acids is 1. The summed E-state index contributed by atoms with van der Waals surface area (Å²) in [6.07, 6.45) is 7.36. The highest BCUT2D eigenvalue weighted by atomic mass is 16.2. The molecule has 1 atom stereocenters. The number of hydrogen-bond acceptors (Lipinski definition) is 7. The summed E-state index contributed by atoms with van der Waals surface area (Å²) in [5.41, 5.74) is 1.14. The lowest BCUT2D eigenvalue weighted by molar-refractivity contribution is -0.696. The zero-order valence-electron chi connectivity index (χ0n) is 16.4. The standard InChI is InChI=1S/C19H26N8O/c1-15-11-22-19(28)14-27(15)26-6-5-20-18(13-26)23-17-4-3-16(12-21-17)25-9-7-24(2)8-10-25/h3-6,12-13,15H,7-11,14H2,1-2H3,(H-,20,21,22,23,28)/p+1/t15-/m0/s1. The van der Waals surface area contributed by atoms with E-state index in [0.717, 1.165) is 37.7 Å². The van der Waals surface area contributed by atoms with E-state index in [-0.39, 0.29) is 11.9 Å². The summed E-state index contributed by atoms with van der Waals surface area (Å²) in [6.45, 7) is 7.22. The van der Waals surface area contributed by atoms with Crippen LogP contribution in [0.5, 0.6) is 0 Å². The number of carbonyl (C=O) groups is 1. The topological polar surface area (TPSA) is 80.5 Å². The molecule has 2 saturated heterocycles. The number of nitrogens with one attached hydrogen (secondary N) is 2. The molecular weight excluding hydrogens is 356 g/mol. The largest absolute Gasteiger partial charge is 0.368 e. The predicted octanol–water partition coefficient (Wildman–Crippen LogP) is -0.284. The second kappa shape index (κ2) is 7.97. The SMILES string of the molecule is C[C@H]1CNC(=O)CN1[n+]1ccnc(Nc2ccc(N3CCN(C)CC3)cn2)c1. The third kappa shape index (κ3) is 4.14. The van der Waals surface area contributed by atoms with Gasteiger partial charge in [-0.3, -0.25) is 4.79 Å². The van der Waals surface area contributed by atoms with Gasteiger partial charge >= 0.3 is 0 Å². The van der Waals surface area contributed by atoms with Crippen LogP contribution in [0.25, 0.3) is 0 Å². The summed E-state index contributed by atoms with van der Waals surface area (Å²) >= 11 is 0. The van der Waals surface area contributed by atoms with Crippen molar-refractivity contribution in [1.82, 2.24) is 20.2 Å². The van der Waals surface area contributed by atoms with Crippen molar-refractivity contribution in [3.8, 4) is 0 Å². The van der Waals surface area contributed by atoms with Gasteiger partial charge in [-0.05, 0) is 26.1 Å². The van der Waals surface area contributed by atoms with Gasteiger partial charge in [0, 0.05) is 32.7 Å². The van der Waals surface area contributed by atoms with E-state index in [1.807, 2.05) is 34.3 Å². The minimum absolute atomic E-state index is 0.0260. The van der Waals surface area contributed by atoms with Crippen molar-refractivity contribution in [2.24, 2.45) is 0 Å². The van der Waals surface area contributed by atoms with Crippen molar-refractivity contribution in [2.75, 3.05) is 61.5 Å². The molecule has 148 valence electrons. The highest BCUT2D eigenvalue weighted by Crippen LogP contribution is 2.18. The van der Waals surface area contributed by atoms with Gasteiger partial charge in [0.15, 0.2) is 12.4 Å². The van der Waals surface area contributed by atoms with Gasteiger partial charge < -0.3 is 20.4 Å². The summed E-state index contributed by atoms with van der Waals surface area (Å²) in [5, 5.41) is 8.14. The lowest BCUT2D eigenvalue weighted by atomic mass is 10.2. The summed E-state index contributed by atoms with van der Waals surface area (Å²) in [4.78, 5) is 25.3. The van der Waals surface area contributed by atoms with Crippen molar-refractivity contribution < 1.29 is 9.47 Å². The predicted molar refractivity (Wildman–Crippen MR) is 107 cm³/mol. The van der Waals surface area contributed by atoms with Crippen LogP contribution in [0.2, 0.25) is 0 Å². The van der Waals surface area contributed by atoms with Crippen molar-refractivity contribution in [2.45, 2.75) is 13.0 Å². The summed E-state index contributed by atoms with van der Waals surface area (Å²) in [5.74, 6) is 1.45. The molecule has 2 aromatic rings. The van der Waals surface area contributed by atoms with Gasteiger partial charge in [0.25, 0.3) is 0 Å². The van der Waals surface area contributed by atoms with Crippen molar-refractivity contribution in [3.63, 3.8) is 0 Å². The highest BCUT2D eigenvalue weighted by Gasteiger charge is 2.29.